The summed E-state index contributed by atoms with van der Waals surface area (Å²) in [6.07, 6.45) is 0.878. The number of benzene rings is 2. The molecule has 24 heavy (non-hydrogen) atoms. The van der Waals surface area contributed by atoms with Crippen LogP contribution in [0, 0.1) is 0 Å². The molecule has 0 aliphatic heterocycles. The summed E-state index contributed by atoms with van der Waals surface area (Å²) >= 11 is 0. The minimum absolute atomic E-state index is 0.0563. The predicted molar refractivity (Wildman–Crippen MR) is 95.0 cm³/mol. The van der Waals surface area contributed by atoms with Crippen molar-refractivity contribution >= 4 is 11.7 Å². The van der Waals surface area contributed by atoms with Crippen molar-refractivity contribution in [3.8, 4) is 0 Å². The SMILES string of the molecule is CN(CCO)C(=O)Nc1cccc(COCCc2ccccc2)c1. The van der Waals surface area contributed by atoms with Crippen molar-refractivity contribution < 1.29 is 14.6 Å². The smallest absolute Gasteiger partial charge is 0.321 e. The third kappa shape index (κ3) is 6.02. The average Bonchev–Trinajstić information content (AvgIpc) is 2.60. The highest BCUT2D eigenvalue weighted by atomic mass is 16.5. The number of rotatable bonds is 8. The largest absolute Gasteiger partial charge is 0.395 e. The summed E-state index contributed by atoms with van der Waals surface area (Å²) in [7, 11) is 1.64. The number of anilines is 1. The van der Waals surface area contributed by atoms with Crippen molar-refractivity contribution in [1.29, 1.82) is 0 Å². The van der Waals surface area contributed by atoms with Gasteiger partial charge < -0.3 is 20.1 Å². The van der Waals surface area contributed by atoms with Crippen LogP contribution in [0.3, 0.4) is 0 Å². The van der Waals surface area contributed by atoms with Crippen molar-refractivity contribution in [2.75, 3.05) is 32.1 Å². The van der Waals surface area contributed by atoms with E-state index in [1.165, 1.54) is 10.5 Å². The molecule has 0 heterocycles. The number of carbonyl (C=O) groups is 1. The van der Waals surface area contributed by atoms with Gasteiger partial charge in [-0.3, -0.25) is 0 Å². The van der Waals surface area contributed by atoms with Gasteiger partial charge in [0.05, 0.1) is 19.8 Å². The van der Waals surface area contributed by atoms with E-state index in [1.54, 1.807) is 7.05 Å². The summed E-state index contributed by atoms with van der Waals surface area (Å²) in [6, 6.07) is 17.6. The van der Waals surface area contributed by atoms with Gasteiger partial charge in [0, 0.05) is 19.3 Å². The topological polar surface area (TPSA) is 61.8 Å². The van der Waals surface area contributed by atoms with E-state index < -0.39 is 0 Å². The Morgan fingerprint density at radius 3 is 2.62 bits per heavy atom. The van der Waals surface area contributed by atoms with Crippen LogP contribution in [-0.2, 0) is 17.8 Å². The Balaban J connectivity index is 1.79. The number of ether oxygens (including phenoxy) is 1. The third-order valence-corrected chi connectivity index (χ3v) is 3.61. The molecule has 0 spiro atoms. The lowest BCUT2D eigenvalue weighted by atomic mass is 10.2. The van der Waals surface area contributed by atoms with Crippen LogP contribution in [0.1, 0.15) is 11.1 Å². The molecular formula is C19H24N2O3. The molecule has 5 heteroatoms. The van der Waals surface area contributed by atoms with Gasteiger partial charge in [-0.25, -0.2) is 4.79 Å². The second kappa shape index (κ2) is 9.70. The summed E-state index contributed by atoms with van der Waals surface area (Å²) in [4.78, 5) is 13.3. The van der Waals surface area contributed by atoms with Crippen LogP contribution in [0.5, 0.6) is 0 Å². The van der Waals surface area contributed by atoms with Crippen LogP contribution in [0.15, 0.2) is 54.6 Å². The van der Waals surface area contributed by atoms with Gasteiger partial charge in [-0.05, 0) is 29.7 Å². The van der Waals surface area contributed by atoms with Crippen molar-refractivity contribution in [3.63, 3.8) is 0 Å². The van der Waals surface area contributed by atoms with Crippen molar-refractivity contribution in [2.24, 2.45) is 0 Å². The molecule has 2 aromatic carbocycles. The molecule has 0 fully saturated rings. The number of carbonyl (C=O) groups excluding carboxylic acids is 1. The Morgan fingerprint density at radius 1 is 1.12 bits per heavy atom. The van der Waals surface area contributed by atoms with Gasteiger partial charge in [-0.1, -0.05) is 42.5 Å². The minimum atomic E-state index is -0.244. The molecule has 0 aromatic heterocycles. The summed E-state index contributed by atoms with van der Waals surface area (Å²) in [5.41, 5.74) is 2.98. The van der Waals surface area contributed by atoms with Crippen LogP contribution in [0.4, 0.5) is 10.5 Å². The van der Waals surface area contributed by atoms with Gasteiger partial charge in [-0.2, -0.15) is 0 Å². The molecule has 0 bridgehead atoms. The van der Waals surface area contributed by atoms with Gasteiger partial charge in [0.2, 0.25) is 0 Å². The Bertz CT molecular complexity index is 632. The number of amides is 2. The fourth-order valence-corrected chi connectivity index (χ4v) is 2.23. The Kier molecular flexibility index (Phi) is 7.26. The number of hydrogen-bond donors (Lipinski definition) is 2. The number of nitrogens with one attached hydrogen (secondary N) is 1. The first-order valence-corrected chi connectivity index (χ1v) is 8.02. The molecule has 2 rings (SSSR count). The van der Waals surface area contributed by atoms with Gasteiger partial charge >= 0.3 is 6.03 Å². The molecule has 2 N–H and O–H groups in total. The third-order valence-electron chi connectivity index (χ3n) is 3.61. The first-order valence-electron chi connectivity index (χ1n) is 8.02. The fourth-order valence-electron chi connectivity index (χ4n) is 2.23. The lowest BCUT2D eigenvalue weighted by molar-refractivity contribution is 0.124. The molecule has 0 saturated heterocycles. The highest BCUT2D eigenvalue weighted by molar-refractivity contribution is 5.89. The van der Waals surface area contributed by atoms with E-state index in [1.807, 2.05) is 42.5 Å². The zero-order chi connectivity index (χ0) is 17.2. The van der Waals surface area contributed by atoms with Crippen LogP contribution >= 0.6 is 0 Å². The molecule has 2 aromatic rings. The van der Waals surface area contributed by atoms with E-state index in [9.17, 15) is 4.79 Å². The van der Waals surface area contributed by atoms with Crippen LogP contribution < -0.4 is 5.32 Å². The molecule has 0 saturated carbocycles. The van der Waals surface area contributed by atoms with E-state index in [4.69, 9.17) is 9.84 Å². The Labute approximate surface area is 142 Å². The first kappa shape index (κ1) is 18.0. The van der Waals surface area contributed by atoms with Gasteiger partial charge in [0.15, 0.2) is 0 Å². The maximum Gasteiger partial charge on any atom is 0.321 e. The second-order valence-corrected chi connectivity index (χ2v) is 5.56. The quantitative estimate of drug-likeness (QED) is 0.733. The molecule has 0 aliphatic rings. The summed E-state index contributed by atoms with van der Waals surface area (Å²) < 4.78 is 5.71. The van der Waals surface area contributed by atoms with E-state index in [2.05, 4.69) is 17.4 Å². The standard InChI is InChI=1S/C19H24N2O3/c1-21(11-12-22)19(23)20-18-9-5-8-17(14-18)15-24-13-10-16-6-3-2-4-7-16/h2-9,14,22H,10-13,15H2,1H3,(H,20,23). The Hall–Kier alpha value is -2.37. The zero-order valence-electron chi connectivity index (χ0n) is 13.9. The molecule has 0 unspecified atom stereocenters. The maximum absolute atomic E-state index is 11.9. The molecule has 2 amide bonds. The molecular weight excluding hydrogens is 304 g/mol. The van der Waals surface area contributed by atoms with Crippen LogP contribution in [0.2, 0.25) is 0 Å². The molecule has 5 nitrogen and oxygen atoms in total. The predicted octanol–water partition coefficient (Wildman–Crippen LogP) is 2.90. The van der Waals surface area contributed by atoms with Crippen LogP contribution in [0.25, 0.3) is 0 Å². The average molecular weight is 328 g/mol. The van der Waals surface area contributed by atoms with Gasteiger partial charge in [0.25, 0.3) is 0 Å². The number of aliphatic hydroxyl groups excluding tert-OH is 1. The van der Waals surface area contributed by atoms with Crippen molar-refractivity contribution in [1.82, 2.24) is 4.90 Å². The minimum Gasteiger partial charge on any atom is -0.395 e. The van der Waals surface area contributed by atoms with E-state index in [0.29, 0.717) is 25.4 Å². The van der Waals surface area contributed by atoms with Crippen molar-refractivity contribution in [2.45, 2.75) is 13.0 Å². The van der Waals surface area contributed by atoms with Crippen molar-refractivity contribution in [3.05, 3.63) is 65.7 Å². The van der Waals surface area contributed by atoms with E-state index in [0.717, 1.165) is 12.0 Å². The number of likely N-dealkylation sites (N-methyl/N-ethyl adjacent to an activating group) is 1. The number of nitrogens with zero attached hydrogens (tertiary/aromatic N) is 1. The summed E-state index contributed by atoms with van der Waals surface area (Å²) in [5.74, 6) is 0. The summed E-state index contributed by atoms with van der Waals surface area (Å²) in [5, 5.41) is 11.7. The maximum atomic E-state index is 11.9. The fraction of sp³-hybridized carbons (Fsp3) is 0.316. The molecule has 128 valence electrons. The van der Waals surface area contributed by atoms with E-state index in [-0.39, 0.29) is 12.6 Å². The molecule has 0 atom stereocenters. The Morgan fingerprint density at radius 2 is 1.88 bits per heavy atom. The van der Waals surface area contributed by atoms with E-state index >= 15 is 0 Å². The molecule has 0 radical (unpaired) electrons. The summed E-state index contributed by atoms with van der Waals surface area (Å²) in [6.45, 7) is 1.40. The highest BCUT2D eigenvalue weighted by Gasteiger charge is 2.08. The van der Waals surface area contributed by atoms with Gasteiger partial charge in [0.1, 0.15) is 0 Å². The molecule has 0 aliphatic carbocycles. The lowest BCUT2D eigenvalue weighted by Gasteiger charge is -2.17. The lowest BCUT2D eigenvalue weighted by Crippen LogP contribution is -2.33. The number of urea groups is 1. The highest BCUT2D eigenvalue weighted by Crippen LogP contribution is 2.12. The number of aliphatic hydroxyl groups is 1. The normalized spacial score (nSPS) is 10.4. The first-order chi connectivity index (χ1) is 11.7. The van der Waals surface area contributed by atoms with Crippen LogP contribution in [-0.4, -0.2) is 42.8 Å². The second-order valence-electron chi connectivity index (χ2n) is 5.56. The number of hydrogen-bond acceptors (Lipinski definition) is 3. The van der Waals surface area contributed by atoms with Gasteiger partial charge in [-0.15, -0.1) is 0 Å². The monoisotopic (exact) mass is 328 g/mol. The zero-order valence-corrected chi connectivity index (χ0v) is 13.9.